The van der Waals surface area contributed by atoms with Gasteiger partial charge in [-0.25, -0.2) is 0 Å². The molecule has 0 aliphatic rings. The SMILES string of the molecule is Cn1cc(CC(NN)c2cccc(Br)c2)nn1. The van der Waals surface area contributed by atoms with Gasteiger partial charge < -0.3 is 0 Å². The third-order valence-electron chi connectivity index (χ3n) is 2.52. The van der Waals surface area contributed by atoms with E-state index in [1.165, 1.54) is 0 Å². The van der Waals surface area contributed by atoms with Gasteiger partial charge in [-0.1, -0.05) is 33.3 Å². The van der Waals surface area contributed by atoms with Crippen molar-refractivity contribution in [3.8, 4) is 0 Å². The first-order valence-corrected chi connectivity index (χ1v) is 6.05. The lowest BCUT2D eigenvalue weighted by Crippen LogP contribution is -2.29. The van der Waals surface area contributed by atoms with E-state index in [9.17, 15) is 0 Å². The van der Waals surface area contributed by atoms with Gasteiger partial charge in [0.15, 0.2) is 0 Å². The first-order chi connectivity index (χ1) is 8.19. The average molecular weight is 296 g/mol. The minimum absolute atomic E-state index is 0.0317. The fraction of sp³-hybridized carbons (Fsp3) is 0.273. The van der Waals surface area contributed by atoms with Crippen LogP contribution in [0.3, 0.4) is 0 Å². The number of nitrogens with zero attached hydrogens (tertiary/aromatic N) is 3. The highest BCUT2D eigenvalue weighted by atomic mass is 79.9. The first kappa shape index (κ1) is 12.2. The first-order valence-electron chi connectivity index (χ1n) is 5.26. The average Bonchev–Trinajstić information content (AvgIpc) is 2.72. The van der Waals surface area contributed by atoms with E-state index >= 15 is 0 Å². The molecule has 1 heterocycles. The van der Waals surface area contributed by atoms with Crippen molar-refractivity contribution in [2.75, 3.05) is 0 Å². The van der Waals surface area contributed by atoms with Gasteiger partial charge in [-0.3, -0.25) is 16.0 Å². The maximum absolute atomic E-state index is 5.59. The summed E-state index contributed by atoms with van der Waals surface area (Å²) in [6, 6.07) is 8.08. The predicted octanol–water partition coefficient (Wildman–Crippen LogP) is 1.32. The molecule has 0 spiro atoms. The highest BCUT2D eigenvalue weighted by Crippen LogP contribution is 2.20. The molecule has 3 N–H and O–H groups in total. The second-order valence-electron chi connectivity index (χ2n) is 3.86. The summed E-state index contributed by atoms with van der Waals surface area (Å²) in [4.78, 5) is 0. The summed E-state index contributed by atoms with van der Waals surface area (Å²) < 4.78 is 2.72. The number of nitrogens with one attached hydrogen (secondary N) is 1. The van der Waals surface area contributed by atoms with Crippen molar-refractivity contribution in [1.29, 1.82) is 0 Å². The molecule has 0 amide bonds. The molecule has 1 aromatic carbocycles. The molecule has 5 nitrogen and oxygen atoms in total. The summed E-state index contributed by atoms with van der Waals surface area (Å²) in [6.45, 7) is 0. The number of nitrogens with two attached hydrogens (primary N) is 1. The van der Waals surface area contributed by atoms with Crippen molar-refractivity contribution in [3.63, 3.8) is 0 Å². The maximum Gasteiger partial charge on any atom is 0.0846 e. The van der Waals surface area contributed by atoms with Gasteiger partial charge in [0.25, 0.3) is 0 Å². The van der Waals surface area contributed by atoms with Crippen LogP contribution < -0.4 is 11.3 Å². The highest BCUT2D eigenvalue weighted by Gasteiger charge is 2.12. The number of rotatable bonds is 4. The van der Waals surface area contributed by atoms with Gasteiger partial charge in [0, 0.05) is 24.1 Å². The molecule has 0 aliphatic heterocycles. The maximum atomic E-state index is 5.59. The van der Waals surface area contributed by atoms with Crippen LogP contribution in [0.5, 0.6) is 0 Å². The van der Waals surface area contributed by atoms with Crippen molar-refractivity contribution in [1.82, 2.24) is 20.4 Å². The minimum Gasteiger partial charge on any atom is -0.271 e. The summed E-state index contributed by atoms with van der Waals surface area (Å²) in [5.41, 5.74) is 4.84. The number of halogens is 1. The van der Waals surface area contributed by atoms with E-state index in [4.69, 9.17) is 5.84 Å². The molecule has 0 saturated carbocycles. The lowest BCUT2D eigenvalue weighted by Gasteiger charge is -2.15. The van der Waals surface area contributed by atoms with E-state index in [2.05, 4.69) is 31.7 Å². The Morgan fingerprint density at radius 3 is 2.94 bits per heavy atom. The van der Waals surface area contributed by atoms with E-state index in [-0.39, 0.29) is 6.04 Å². The van der Waals surface area contributed by atoms with Crippen molar-refractivity contribution in [2.24, 2.45) is 12.9 Å². The Morgan fingerprint density at radius 2 is 2.35 bits per heavy atom. The molecule has 1 unspecified atom stereocenters. The molecule has 90 valence electrons. The number of hydrogen-bond acceptors (Lipinski definition) is 4. The molecule has 0 aliphatic carbocycles. The normalized spacial score (nSPS) is 12.6. The van der Waals surface area contributed by atoms with Crippen LogP contribution in [0.15, 0.2) is 34.9 Å². The summed E-state index contributed by atoms with van der Waals surface area (Å²) in [7, 11) is 1.85. The molecule has 2 aromatic rings. The molecule has 0 saturated heterocycles. The van der Waals surface area contributed by atoms with Crippen LogP contribution in [-0.4, -0.2) is 15.0 Å². The fourth-order valence-corrected chi connectivity index (χ4v) is 2.11. The molecule has 0 bridgehead atoms. The smallest absolute Gasteiger partial charge is 0.0846 e. The van der Waals surface area contributed by atoms with Gasteiger partial charge in [-0.15, -0.1) is 5.10 Å². The van der Waals surface area contributed by atoms with Crippen molar-refractivity contribution in [3.05, 3.63) is 46.2 Å². The Morgan fingerprint density at radius 1 is 1.53 bits per heavy atom. The van der Waals surface area contributed by atoms with Gasteiger partial charge in [0.05, 0.1) is 11.7 Å². The van der Waals surface area contributed by atoms with E-state index < -0.39 is 0 Å². The van der Waals surface area contributed by atoms with Crippen molar-refractivity contribution in [2.45, 2.75) is 12.5 Å². The highest BCUT2D eigenvalue weighted by molar-refractivity contribution is 9.10. The van der Waals surface area contributed by atoms with Crippen LogP contribution in [0, 0.1) is 0 Å². The molecule has 17 heavy (non-hydrogen) atoms. The second-order valence-corrected chi connectivity index (χ2v) is 4.78. The fourth-order valence-electron chi connectivity index (χ4n) is 1.69. The Hall–Kier alpha value is -1.24. The summed E-state index contributed by atoms with van der Waals surface area (Å²) >= 11 is 3.45. The Labute approximate surface area is 108 Å². The van der Waals surface area contributed by atoms with Gasteiger partial charge in [-0.2, -0.15) is 0 Å². The summed E-state index contributed by atoms with van der Waals surface area (Å²) in [5, 5.41) is 7.96. The van der Waals surface area contributed by atoms with Gasteiger partial charge in [0.1, 0.15) is 0 Å². The molecular weight excluding hydrogens is 282 g/mol. The quantitative estimate of drug-likeness (QED) is 0.659. The zero-order valence-corrected chi connectivity index (χ0v) is 11.1. The van der Waals surface area contributed by atoms with E-state index in [1.54, 1.807) is 4.68 Å². The summed E-state index contributed by atoms with van der Waals surface area (Å²) in [6.07, 6.45) is 2.60. The van der Waals surface area contributed by atoms with E-state index in [1.807, 2.05) is 37.5 Å². The van der Waals surface area contributed by atoms with Crippen LogP contribution in [-0.2, 0) is 13.5 Å². The number of hydrazine groups is 1. The monoisotopic (exact) mass is 295 g/mol. The Balaban J connectivity index is 2.16. The van der Waals surface area contributed by atoms with Crippen LogP contribution >= 0.6 is 15.9 Å². The van der Waals surface area contributed by atoms with Crippen LogP contribution in [0.25, 0.3) is 0 Å². The molecule has 1 atom stereocenters. The van der Waals surface area contributed by atoms with Gasteiger partial charge in [0.2, 0.25) is 0 Å². The largest absolute Gasteiger partial charge is 0.271 e. The lowest BCUT2D eigenvalue weighted by atomic mass is 10.0. The molecule has 2 rings (SSSR count). The second kappa shape index (κ2) is 5.39. The molecule has 6 heteroatoms. The molecule has 0 fully saturated rings. The topological polar surface area (TPSA) is 68.8 Å². The van der Waals surface area contributed by atoms with Crippen molar-refractivity contribution >= 4 is 15.9 Å². The third-order valence-corrected chi connectivity index (χ3v) is 3.01. The zero-order valence-electron chi connectivity index (χ0n) is 9.47. The van der Waals surface area contributed by atoms with Crippen molar-refractivity contribution < 1.29 is 0 Å². The Bertz CT molecular complexity index is 496. The number of benzene rings is 1. The van der Waals surface area contributed by atoms with Crippen LogP contribution in [0.2, 0.25) is 0 Å². The Kier molecular flexibility index (Phi) is 3.88. The van der Waals surface area contributed by atoms with E-state index in [0.29, 0.717) is 6.42 Å². The predicted molar refractivity (Wildman–Crippen MR) is 68.9 cm³/mol. The number of aromatic nitrogens is 3. The molecule has 0 radical (unpaired) electrons. The number of hydrogen-bond donors (Lipinski definition) is 2. The van der Waals surface area contributed by atoms with Gasteiger partial charge in [-0.05, 0) is 17.7 Å². The lowest BCUT2D eigenvalue weighted by molar-refractivity contribution is 0.545. The zero-order chi connectivity index (χ0) is 12.3. The standard InChI is InChI=1S/C11H14BrN5/c1-17-7-10(15-16-17)6-11(14-13)8-3-2-4-9(12)5-8/h2-5,7,11,14H,6,13H2,1H3. The van der Waals surface area contributed by atoms with Crippen LogP contribution in [0.1, 0.15) is 17.3 Å². The minimum atomic E-state index is 0.0317. The molecule has 1 aromatic heterocycles. The van der Waals surface area contributed by atoms with E-state index in [0.717, 1.165) is 15.7 Å². The van der Waals surface area contributed by atoms with Gasteiger partial charge >= 0.3 is 0 Å². The third kappa shape index (κ3) is 3.12. The summed E-state index contributed by atoms with van der Waals surface area (Å²) in [5.74, 6) is 5.59. The number of aryl methyl sites for hydroxylation is 1. The van der Waals surface area contributed by atoms with Crippen LogP contribution in [0.4, 0.5) is 0 Å². The molecular formula is C11H14BrN5.